The van der Waals surface area contributed by atoms with Crippen molar-refractivity contribution in [1.29, 1.82) is 0 Å². The molecular formula is C20H17ClN4O3. The van der Waals surface area contributed by atoms with E-state index in [-0.39, 0.29) is 18.4 Å². The number of fused-ring (bicyclic) bond motifs is 1. The second-order valence-corrected chi connectivity index (χ2v) is 6.78. The zero-order valence-corrected chi connectivity index (χ0v) is 16.0. The Hall–Kier alpha value is -3.32. The number of nitrogens with zero attached hydrogens (tertiary/aromatic N) is 2. The molecule has 7 nitrogen and oxygen atoms in total. The van der Waals surface area contributed by atoms with Gasteiger partial charge in [-0.15, -0.1) is 0 Å². The highest BCUT2D eigenvalue weighted by Gasteiger charge is 2.15. The molecule has 0 saturated heterocycles. The lowest BCUT2D eigenvalue weighted by Gasteiger charge is -2.12. The van der Waals surface area contributed by atoms with Gasteiger partial charge >= 0.3 is 0 Å². The van der Waals surface area contributed by atoms with Crippen molar-refractivity contribution < 1.29 is 14.3 Å². The van der Waals surface area contributed by atoms with Gasteiger partial charge in [0.1, 0.15) is 11.5 Å². The molecule has 0 bridgehead atoms. The van der Waals surface area contributed by atoms with Crippen molar-refractivity contribution >= 4 is 34.7 Å². The summed E-state index contributed by atoms with van der Waals surface area (Å²) in [5.41, 5.74) is 3.61. The number of amides is 1. The summed E-state index contributed by atoms with van der Waals surface area (Å²) in [6, 6.07) is 9.07. The lowest BCUT2D eigenvalue weighted by molar-refractivity contribution is 0.102. The highest BCUT2D eigenvalue weighted by atomic mass is 35.5. The van der Waals surface area contributed by atoms with Gasteiger partial charge in [-0.25, -0.2) is 9.97 Å². The van der Waals surface area contributed by atoms with E-state index in [0.717, 1.165) is 16.8 Å². The van der Waals surface area contributed by atoms with Crippen LogP contribution in [-0.4, -0.2) is 22.7 Å². The molecule has 0 spiro atoms. The molecule has 8 heteroatoms. The first kappa shape index (κ1) is 18.1. The van der Waals surface area contributed by atoms with Crippen molar-refractivity contribution in [3.05, 3.63) is 64.6 Å². The molecule has 2 heterocycles. The van der Waals surface area contributed by atoms with Gasteiger partial charge in [-0.05, 0) is 43.2 Å². The van der Waals surface area contributed by atoms with E-state index < -0.39 is 0 Å². The molecule has 1 aliphatic heterocycles. The van der Waals surface area contributed by atoms with Crippen LogP contribution in [0.15, 0.2) is 42.7 Å². The number of nitrogens with one attached hydrogen (secondary N) is 2. The van der Waals surface area contributed by atoms with E-state index in [1.807, 2.05) is 26.0 Å². The third kappa shape index (κ3) is 3.70. The second kappa shape index (κ2) is 7.36. The van der Waals surface area contributed by atoms with Crippen LogP contribution in [0.1, 0.15) is 21.6 Å². The first-order valence-corrected chi connectivity index (χ1v) is 8.94. The van der Waals surface area contributed by atoms with Crippen molar-refractivity contribution in [2.75, 3.05) is 17.4 Å². The minimum absolute atomic E-state index is 0.178. The van der Waals surface area contributed by atoms with E-state index in [4.69, 9.17) is 21.1 Å². The SMILES string of the molecule is Cc1cc(C)c(Nc2cnc(C(=O)Nc3ccc4c(c3)OCO4)cn2)c(Cl)c1. The molecule has 1 amide bonds. The van der Waals surface area contributed by atoms with Crippen LogP contribution in [0.5, 0.6) is 11.5 Å². The molecule has 0 radical (unpaired) electrons. The largest absolute Gasteiger partial charge is 0.454 e. The lowest BCUT2D eigenvalue weighted by atomic mass is 10.1. The predicted octanol–water partition coefficient (Wildman–Crippen LogP) is 4.47. The first-order chi connectivity index (χ1) is 13.5. The van der Waals surface area contributed by atoms with Crippen LogP contribution < -0.4 is 20.1 Å². The maximum Gasteiger partial charge on any atom is 0.275 e. The minimum atomic E-state index is -0.373. The monoisotopic (exact) mass is 396 g/mol. The number of hydrogen-bond acceptors (Lipinski definition) is 6. The van der Waals surface area contributed by atoms with Crippen LogP contribution >= 0.6 is 11.6 Å². The Labute approximate surface area is 166 Å². The van der Waals surface area contributed by atoms with Gasteiger partial charge < -0.3 is 20.1 Å². The van der Waals surface area contributed by atoms with Gasteiger partial charge in [0.15, 0.2) is 11.5 Å². The maximum atomic E-state index is 12.4. The van der Waals surface area contributed by atoms with E-state index >= 15 is 0 Å². The average molecular weight is 397 g/mol. The fourth-order valence-electron chi connectivity index (χ4n) is 2.88. The van der Waals surface area contributed by atoms with E-state index in [0.29, 0.717) is 28.0 Å². The number of aryl methyl sites for hydroxylation is 2. The Balaban J connectivity index is 1.46. The number of benzene rings is 2. The van der Waals surface area contributed by atoms with Gasteiger partial charge in [0.2, 0.25) is 6.79 Å². The maximum absolute atomic E-state index is 12.4. The number of carbonyl (C=O) groups is 1. The highest BCUT2D eigenvalue weighted by Crippen LogP contribution is 2.34. The fraction of sp³-hybridized carbons (Fsp3) is 0.150. The van der Waals surface area contributed by atoms with Gasteiger partial charge in [0.05, 0.1) is 23.1 Å². The molecule has 0 aliphatic carbocycles. The van der Waals surface area contributed by atoms with Crippen molar-refractivity contribution in [1.82, 2.24) is 9.97 Å². The summed E-state index contributed by atoms with van der Waals surface area (Å²) < 4.78 is 10.6. The fourth-order valence-corrected chi connectivity index (χ4v) is 3.25. The summed E-state index contributed by atoms with van der Waals surface area (Å²) in [5, 5.41) is 6.51. The highest BCUT2D eigenvalue weighted by molar-refractivity contribution is 6.33. The number of halogens is 1. The summed E-state index contributed by atoms with van der Waals surface area (Å²) in [6.07, 6.45) is 2.90. The molecule has 0 saturated carbocycles. The van der Waals surface area contributed by atoms with Crippen molar-refractivity contribution in [2.45, 2.75) is 13.8 Å². The zero-order valence-electron chi connectivity index (χ0n) is 15.2. The number of anilines is 3. The minimum Gasteiger partial charge on any atom is -0.454 e. The molecule has 0 fully saturated rings. The topological polar surface area (TPSA) is 85.4 Å². The zero-order chi connectivity index (χ0) is 19.7. The Morgan fingerprint density at radius 1 is 1.07 bits per heavy atom. The second-order valence-electron chi connectivity index (χ2n) is 6.37. The number of aromatic nitrogens is 2. The molecular weight excluding hydrogens is 380 g/mol. The standard InChI is InChI=1S/C20H17ClN4O3/c1-11-5-12(2)19(14(21)6-11)25-18-9-22-15(8-23-18)20(26)24-13-3-4-16-17(7-13)28-10-27-16/h3-9H,10H2,1-2H3,(H,23,25)(H,24,26). The van der Waals surface area contributed by atoms with Crippen LogP contribution in [0.25, 0.3) is 0 Å². The molecule has 0 atom stereocenters. The molecule has 142 valence electrons. The third-order valence-corrected chi connectivity index (χ3v) is 4.50. The van der Waals surface area contributed by atoms with Crippen LogP contribution in [-0.2, 0) is 0 Å². The third-order valence-electron chi connectivity index (χ3n) is 4.20. The smallest absolute Gasteiger partial charge is 0.275 e. The molecule has 1 aliphatic rings. The van der Waals surface area contributed by atoms with E-state index in [1.165, 1.54) is 12.4 Å². The van der Waals surface area contributed by atoms with Gasteiger partial charge in [-0.2, -0.15) is 0 Å². The summed E-state index contributed by atoms with van der Waals surface area (Å²) in [5.74, 6) is 1.36. The normalized spacial score (nSPS) is 12.0. The van der Waals surface area contributed by atoms with Crippen molar-refractivity contribution in [3.8, 4) is 11.5 Å². The Bertz CT molecular complexity index is 1030. The molecule has 1 aromatic heterocycles. The van der Waals surface area contributed by atoms with E-state index in [9.17, 15) is 4.79 Å². The van der Waals surface area contributed by atoms with Gasteiger partial charge in [0.25, 0.3) is 5.91 Å². The number of carbonyl (C=O) groups excluding carboxylic acids is 1. The molecule has 2 N–H and O–H groups in total. The molecule has 28 heavy (non-hydrogen) atoms. The molecule has 0 unspecified atom stereocenters. The number of rotatable bonds is 4. The van der Waals surface area contributed by atoms with Gasteiger partial charge in [-0.3, -0.25) is 4.79 Å². The van der Waals surface area contributed by atoms with Gasteiger partial charge in [0, 0.05) is 11.8 Å². The summed E-state index contributed by atoms with van der Waals surface area (Å²) in [7, 11) is 0. The van der Waals surface area contributed by atoms with Crippen LogP contribution in [0, 0.1) is 13.8 Å². The van der Waals surface area contributed by atoms with Crippen LogP contribution in [0.3, 0.4) is 0 Å². The van der Waals surface area contributed by atoms with E-state index in [1.54, 1.807) is 18.2 Å². The first-order valence-electron chi connectivity index (χ1n) is 8.56. The van der Waals surface area contributed by atoms with Crippen LogP contribution in [0.2, 0.25) is 5.02 Å². The van der Waals surface area contributed by atoms with Crippen LogP contribution in [0.4, 0.5) is 17.2 Å². The van der Waals surface area contributed by atoms with E-state index in [2.05, 4.69) is 20.6 Å². The molecule has 3 aromatic rings. The average Bonchev–Trinajstić information content (AvgIpc) is 3.13. The predicted molar refractivity (Wildman–Crippen MR) is 107 cm³/mol. The summed E-state index contributed by atoms with van der Waals surface area (Å²) in [6.45, 7) is 4.12. The van der Waals surface area contributed by atoms with Gasteiger partial charge in [-0.1, -0.05) is 17.7 Å². The summed E-state index contributed by atoms with van der Waals surface area (Å²) >= 11 is 6.30. The summed E-state index contributed by atoms with van der Waals surface area (Å²) in [4.78, 5) is 20.8. The Morgan fingerprint density at radius 3 is 2.64 bits per heavy atom. The van der Waals surface area contributed by atoms with Crippen molar-refractivity contribution in [3.63, 3.8) is 0 Å². The quantitative estimate of drug-likeness (QED) is 0.676. The molecule has 4 rings (SSSR count). The lowest BCUT2D eigenvalue weighted by Crippen LogP contribution is -2.14. The van der Waals surface area contributed by atoms with Crippen molar-refractivity contribution in [2.24, 2.45) is 0 Å². The molecule has 2 aromatic carbocycles. The number of hydrogen-bond donors (Lipinski definition) is 2. The Kier molecular flexibility index (Phi) is 4.75. The Morgan fingerprint density at radius 2 is 1.89 bits per heavy atom. The number of ether oxygens (including phenoxy) is 2.